The second-order valence-electron chi connectivity index (χ2n) is 10.1. The maximum atomic E-state index is 6.54. The summed E-state index contributed by atoms with van der Waals surface area (Å²) in [6.07, 6.45) is -0.309. The number of nitrogens with one attached hydrogen (secondary N) is 1. The molecule has 1 unspecified atom stereocenters. The van der Waals surface area contributed by atoms with Gasteiger partial charge in [0.2, 0.25) is 0 Å². The number of nitrogens with zero attached hydrogens (tertiary/aromatic N) is 1. The van der Waals surface area contributed by atoms with Crippen LogP contribution in [0.15, 0.2) is 126 Å². The zero-order valence-corrected chi connectivity index (χ0v) is 20.9. The van der Waals surface area contributed by atoms with E-state index < -0.39 is 0 Å². The van der Waals surface area contributed by atoms with Gasteiger partial charge in [0, 0.05) is 27.1 Å². The number of aromatic nitrogens is 1. The molecule has 6 aromatic carbocycles. The van der Waals surface area contributed by atoms with Crippen LogP contribution >= 0.6 is 0 Å². The molecule has 0 aliphatic carbocycles. The SMILES string of the molecule is c1ccc2c(c1)oc1ccc3c(c12)NC(c1ccc(-n2c4ccccc4c4ccccc42)c2ccccc12)O3. The Balaban J connectivity index is 1.24. The van der Waals surface area contributed by atoms with Gasteiger partial charge in [0.1, 0.15) is 16.9 Å². The van der Waals surface area contributed by atoms with Crippen molar-refractivity contribution in [2.75, 3.05) is 5.32 Å². The Bertz CT molecular complexity index is 2200. The standard InChI is InChI=1S/C35H22N2O2/c1-2-10-22-21(9-1)25(17-18-29(22)37-27-14-6-3-11-23(27)24-12-4-7-15-28(24)37)35-36-34-32(39-35)20-19-31-33(34)26-13-5-8-16-30(26)38-31/h1-20,35-36H. The van der Waals surface area contributed by atoms with Crippen molar-refractivity contribution in [3.8, 4) is 11.4 Å². The quantitative estimate of drug-likeness (QED) is 0.256. The van der Waals surface area contributed by atoms with E-state index in [0.29, 0.717) is 0 Å². The highest BCUT2D eigenvalue weighted by Crippen LogP contribution is 2.47. The molecule has 0 spiro atoms. The molecule has 0 saturated heterocycles. The Labute approximate surface area is 223 Å². The van der Waals surface area contributed by atoms with Crippen molar-refractivity contribution in [3.05, 3.63) is 127 Å². The van der Waals surface area contributed by atoms with Gasteiger partial charge in [-0.3, -0.25) is 0 Å². The summed E-state index contributed by atoms with van der Waals surface area (Å²) in [7, 11) is 0. The topological polar surface area (TPSA) is 39.3 Å². The van der Waals surface area contributed by atoms with Crippen LogP contribution in [0.4, 0.5) is 5.69 Å². The molecule has 1 aliphatic heterocycles. The van der Waals surface area contributed by atoms with Crippen molar-refractivity contribution in [1.29, 1.82) is 0 Å². The third kappa shape index (κ3) is 2.83. The largest absolute Gasteiger partial charge is 0.464 e. The molecule has 1 atom stereocenters. The van der Waals surface area contributed by atoms with E-state index >= 15 is 0 Å². The fraction of sp³-hybridized carbons (Fsp3) is 0.0286. The summed E-state index contributed by atoms with van der Waals surface area (Å²) in [5.41, 5.74) is 7.39. The molecular weight excluding hydrogens is 480 g/mol. The molecule has 2 aromatic heterocycles. The van der Waals surface area contributed by atoms with Crippen LogP contribution in [-0.2, 0) is 0 Å². The number of rotatable bonds is 2. The Hall–Kier alpha value is -5.22. The lowest BCUT2D eigenvalue weighted by Crippen LogP contribution is -2.11. The van der Waals surface area contributed by atoms with Gasteiger partial charge in [-0.15, -0.1) is 0 Å². The van der Waals surface area contributed by atoms with Crippen molar-refractivity contribution in [1.82, 2.24) is 4.57 Å². The third-order valence-corrected chi connectivity index (χ3v) is 8.06. The van der Waals surface area contributed by atoms with Gasteiger partial charge in [-0.1, -0.05) is 84.9 Å². The molecule has 0 fully saturated rings. The van der Waals surface area contributed by atoms with E-state index in [9.17, 15) is 0 Å². The van der Waals surface area contributed by atoms with Crippen molar-refractivity contribution in [3.63, 3.8) is 0 Å². The van der Waals surface area contributed by atoms with Crippen LogP contribution in [0.3, 0.4) is 0 Å². The van der Waals surface area contributed by atoms with Gasteiger partial charge in [-0.25, -0.2) is 0 Å². The van der Waals surface area contributed by atoms with E-state index in [4.69, 9.17) is 9.15 Å². The van der Waals surface area contributed by atoms with Gasteiger partial charge >= 0.3 is 0 Å². The van der Waals surface area contributed by atoms with Gasteiger partial charge in [-0.05, 0) is 41.8 Å². The van der Waals surface area contributed by atoms with Crippen LogP contribution in [0.1, 0.15) is 11.8 Å². The van der Waals surface area contributed by atoms with E-state index in [1.165, 1.54) is 27.2 Å². The summed E-state index contributed by atoms with van der Waals surface area (Å²) in [6.45, 7) is 0. The smallest absolute Gasteiger partial charge is 0.197 e. The van der Waals surface area contributed by atoms with E-state index in [-0.39, 0.29) is 6.23 Å². The molecule has 39 heavy (non-hydrogen) atoms. The first-order valence-electron chi connectivity index (χ1n) is 13.2. The number of ether oxygens (including phenoxy) is 1. The number of benzene rings is 6. The summed E-state index contributed by atoms with van der Waals surface area (Å²) in [5, 5.41) is 10.7. The predicted molar refractivity (Wildman–Crippen MR) is 159 cm³/mol. The molecule has 9 rings (SSSR count). The van der Waals surface area contributed by atoms with Crippen molar-refractivity contribution < 1.29 is 9.15 Å². The molecule has 0 bridgehead atoms. The lowest BCUT2D eigenvalue weighted by molar-refractivity contribution is 0.261. The zero-order chi connectivity index (χ0) is 25.5. The first-order chi connectivity index (χ1) is 19.3. The molecule has 4 heteroatoms. The number of anilines is 1. The maximum Gasteiger partial charge on any atom is 0.197 e. The van der Waals surface area contributed by atoms with Crippen molar-refractivity contribution in [2.45, 2.75) is 6.23 Å². The molecule has 1 N–H and O–H groups in total. The highest BCUT2D eigenvalue weighted by Gasteiger charge is 2.29. The fourth-order valence-corrected chi connectivity index (χ4v) is 6.38. The van der Waals surface area contributed by atoms with E-state index in [1.807, 2.05) is 30.3 Å². The van der Waals surface area contributed by atoms with Crippen LogP contribution in [0, 0.1) is 0 Å². The molecule has 3 heterocycles. The normalized spacial score (nSPS) is 14.8. The first-order valence-corrected chi connectivity index (χ1v) is 13.2. The minimum atomic E-state index is -0.309. The summed E-state index contributed by atoms with van der Waals surface area (Å²) >= 11 is 0. The lowest BCUT2D eigenvalue weighted by atomic mass is 10.0. The van der Waals surface area contributed by atoms with Gasteiger partial charge in [0.25, 0.3) is 0 Å². The molecule has 184 valence electrons. The lowest BCUT2D eigenvalue weighted by Gasteiger charge is -2.18. The summed E-state index contributed by atoms with van der Waals surface area (Å²) < 4.78 is 15.0. The Morgan fingerprint density at radius 2 is 1.18 bits per heavy atom. The zero-order valence-electron chi connectivity index (χ0n) is 20.9. The summed E-state index contributed by atoms with van der Waals surface area (Å²) in [6, 6.07) is 42.5. The number of fused-ring (bicyclic) bond motifs is 9. The van der Waals surface area contributed by atoms with Crippen LogP contribution in [0.25, 0.3) is 60.2 Å². The number of hydrogen-bond acceptors (Lipinski definition) is 3. The molecular formula is C35H22N2O2. The molecule has 8 aromatic rings. The summed E-state index contributed by atoms with van der Waals surface area (Å²) in [5.74, 6) is 0.842. The molecule has 0 saturated carbocycles. The van der Waals surface area contributed by atoms with E-state index in [1.54, 1.807) is 0 Å². The van der Waals surface area contributed by atoms with E-state index in [0.717, 1.165) is 50.0 Å². The minimum Gasteiger partial charge on any atom is -0.464 e. The number of para-hydroxylation sites is 3. The Morgan fingerprint density at radius 1 is 0.538 bits per heavy atom. The van der Waals surface area contributed by atoms with Crippen LogP contribution in [0.5, 0.6) is 5.75 Å². The van der Waals surface area contributed by atoms with E-state index in [2.05, 4.69) is 101 Å². The second kappa shape index (κ2) is 7.65. The maximum absolute atomic E-state index is 6.54. The highest BCUT2D eigenvalue weighted by molar-refractivity contribution is 6.14. The van der Waals surface area contributed by atoms with Crippen LogP contribution in [0.2, 0.25) is 0 Å². The van der Waals surface area contributed by atoms with Gasteiger partial charge in [0.05, 0.1) is 27.8 Å². The minimum absolute atomic E-state index is 0.309. The Kier molecular flexibility index (Phi) is 4.08. The number of furan rings is 1. The molecule has 4 nitrogen and oxygen atoms in total. The first kappa shape index (κ1) is 20.8. The van der Waals surface area contributed by atoms with Gasteiger partial charge < -0.3 is 19.0 Å². The van der Waals surface area contributed by atoms with Crippen LogP contribution < -0.4 is 10.1 Å². The predicted octanol–water partition coefficient (Wildman–Crippen LogP) is 9.34. The van der Waals surface area contributed by atoms with Crippen molar-refractivity contribution in [2.24, 2.45) is 0 Å². The van der Waals surface area contributed by atoms with Gasteiger partial charge in [-0.2, -0.15) is 0 Å². The fourth-order valence-electron chi connectivity index (χ4n) is 6.38. The number of hydrogen-bond donors (Lipinski definition) is 1. The monoisotopic (exact) mass is 502 g/mol. The summed E-state index contributed by atoms with van der Waals surface area (Å²) in [4.78, 5) is 0. The van der Waals surface area contributed by atoms with Crippen molar-refractivity contribution >= 4 is 60.2 Å². The average Bonchev–Trinajstić information content (AvgIpc) is 3.68. The molecule has 0 radical (unpaired) electrons. The van der Waals surface area contributed by atoms with Crippen LogP contribution in [-0.4, -0.2) is 4.57 Å². The second-order valence-corrected chi connectivity index (χ2v) is 10.1. The molecule has 0 amide bonds. The molecule has 1 aliphatic rings. The highest BCUT2D eigenvalue weighted by atomic mass is 16.5. The Morgan fingerprint density at radius 3 is 1.95 bits per heavy atom. The third-order valence-electron chi connectivity index (χ3n) is 8.06. The average molecular weight is 503 g/mol. The van der Waals surface area contributed by atoms with Gasteiger partial charge in [0.15, 0.2) is 6.23 Å².